The average Bonchev–Trinajstić information content (AvgIpc) is 2.39. The molecule has 2 heteroatoms. The van der Waals surface area contributed by atoms with E-state index in [1.165, 1.54) is 16.0 Å². The van der Waals surface area contributed by atoms with Gasteiger partial charge >= 0.3 is 0 Å². The molecule has 0 saturated carbocycles. The fourth-order valence-electron chi connectivity index (χ4n) is 2.24. The molecular formula is C17H18S2. The normalized spacial score (nSPS) is 11.3. The highest BCUT2D eigenvalue weighted by atomic mass is 32.2. The number of benzene rings is 2. The van der Waals surface area contributed by atoms with Gasteiger partial charge in [-0.25, -0.2) is 0 Å². The summed E-state index contributed by atoms with van der Waals surface area (Å²) in [5.41, 5.74) is 2.63. The molecular weight excluding hydrogens is 268 g/mol. The van der Waals surface area contributed by atoms with Gasteiger partial charge in [-0.15, -0.1) is 0 Å². The van der Waals surface area contributed by atoms with E-state index in [9.17, 15) is 0 Å². The van der Waals surface area contributed by atoms with Gasteiger partial charge in [-0.3, -0.25) is 0 Å². The van der Waals surface area contributed by atoms with Crippen LogP contribution in [0.3, 0.4) is 0 Å². The smallest absolute Gasteiger partial charge is 0.0496 e. The molecule has 0 aliphatic rings. The zero-order valence-electron chi connectivity index (χ0n) is 11.5. The highest BCUT2D eigenvalue weighted by molar-refractivity contribution is 8.23. The van der Waals surface area contributed by atoms with Crippen LogP contribution in [0.5, 0.6) is 0 Å². The summed E-state index contributed by atoms with van der Waals surface area (Å²) in [7, 11) is 0. The molecule has 0 bridgehead atoms. The topological polar surface area (TPSA) is 0 Å². The first kappa shape index (κ1) is 14.3. The zero-order valence-corrected chi connectivity index (χ0v) is 13.1. The number of thioether (sulfide) groups is 1. The monoisotopic (exact) mass is 286 g/mol. The van der Waals surface area contributed by atoms with Crippen molar-refractivity contribution >= 4 is 28.2 Å². The Morgan fingerprint density at radius 3 is 2.16 bits per heavy atom. The predicted octanol–water partition coefficient (Wildman–Crippen LogP) is 5.45. The Balaban J connectivity index is 2.49. The third-order valence-electron chi connectivity index (χ3n) is 3.31. The molecule has 2 aromatic rings. The van der Waals surface area contributed by atoms with Gasteiger partial charge in [0, 0.05) is 14.5 Å². The van der Waals surface area contributed by atoms with Crippen LogP contribution >= 0.6 is 24.0 Å². The van der Waals surface area contributed by atoms with E-state index in [1.807, 2.05) is 6.92 Å². The lowest BCUT2D eigenvalue weighted by atomic mass is 9.78. The molecule has 0 aliphatic carbocycles. The maximum Gasteiger partial charge on any atom is 0.0496 e. The Kier molecular flexibility index (Phi) is 4.43. The number of hydrogen-bond acceptors (Lipinski definition) is 2. The number of thiocarbonyl (C=S) groups is 1. The maximum atomic E-state index is 5.24. The highest BCUT2D eigenvalue weighted by Gasteiger charge is 2.25. The second-order valence-electron chi connectivity index (χ2n) is 5.08. The van der Waals surface area contributed by atoms with E-state index in [2.05, 4.69) is 68.4 Å². The summed E-state index contributed by atoms with van der Waals surface area (Å²) in [5, 5.41) is 0. The van der Waals surface area contributed by atoms with Crippen molar-refractivity contribution in [2.75, 3.05) is 0 Å². The largest absolute Gasteiger partial charge is 0.0828 e. The van der Waals surface area contributed by atoms with Gasteiger partial charge in [0.1, 0.15) is 0 Å². The first-order valence-corrected chi connectivity index (χ1v) is 7.58. The Hall–Kier alpha value is -1.12. The van der Waals surface area contributed by atoms with Gasteiger partial charge < -0.3 is 0 Å². The zero-order chi connectivity index (χ0) is 13.9. The Bertz CT molecular complexity index is 571. The minimum Gasteiger partial charge on any atom is -0.0828 e. The average molecular weight is 286 g/mol. The summed E-state index contributed by atoms with van der Waals surface area (Å²) >= 11 is 6.92. The molecule has 2 aromatic carbocycles. The van der Waals surface area contributed by atoms with Crippen molar-refractivity contribution in [1.82, 2.24) is 0 Å². The van der Waals surface area contributed by atoms with Crippen LogP contribution in [0, 0.1) is 0 Å². The van der Waals surface area contributed by atoms with E-state index in [0.717, 1.165) is 4.20 Å². The second kappa shape index (κ2) is 5.89. The molecule has 0 atom stereocenters. The van der Waals surface area contributed by atoms with Gasteiger partial charge in [-0.05, 0) is 24.1 Å². The summed E-state index contributed by atoms with van der Waals surface area (Å²) in [5.74, 6) is 0. The third kappa shape index (κ3) is 3.26. The fourth-order valence-corrected chi connectivity index (χ4v) is 3.40. The highest BCUT2D eigenvalue weighted by Crippen LogP contribution is 2.37. The van der Waals surface area contributed by atoms with E-state index < -0.39 is 0 Å². The maximum absolute atomic E-state index is 5.24. The molecule has 0 fully saturated rings. The van der Waals surface area contributed by atoms with Crippen molar-refractivity contribution < 1.29 is 0 Å². The van der Waals surface area contributed by atoms with Crippen LogP contribution < -0.4 is 0 Å². The molecule has 0 radical (unpaired) electrons. The van der Waals surface area contributed by atoms with Gasteiger partial charge in [-0.1, -0.05) is 86.4 Å². The third-order valence-corrected chi connectivity index (χ3v) is 4.42. The first-order valence-electron chi connectivity index (χ1n) is 6.35. The Labute approximate surface area is 125 Å². The van der Waals surface area contributed by atoms with Crippen molar-refractivity contribution in [3.8, 4) is 0 Å². The molecule has 0 unspecified atom stereocenters. The van der Waals surface area contributed by atoms with Crippen LogP contribution in [0.25, 0.3) is 0 Å². The van der Waals surface area contributed by atoms with Crippen LogP contribution in [0.4, 0.5) is 0 Å². The van der Waals surface area contributed by atoms with Crippen molar-refractivity contribution in [2.24, 2.45) is 0 Å². The van der Waals surface area contributed by atoms with E-state index in [0.29, 0.717) is 0 Å². The van der Waals surface area contributed by atoms with Crippen LogP contribution in [0.15, 0.2) is 59.5 Å². The Morgan fingerprint density at radius 2 is 1.53 bits per heavy atom. The molecule has 2 rings (SSSR count). The summed E-state index contributed by atoms with van der Waals surface area (Å²) in [6.45, 7) is 6.51. The SMILES string of the molecule is CC(=S)Sc1ccccc1C(C)(C)c1ccccc1. The molecule has 0 N–H and O–H groups in total. The quantitative estimate of drug-likeness (QED) is 0.543. The van der Waals surface area contributed by atoms with E-state index >= 15 is 0 Å². The molecule has 98 valence electrons. The minimum absolute atomic E-state index is 0.0182. The fraction of sp³-hybridized carbons (Fsp3) is 0.235. The van der Waals surface area contributed by atoms with Gasteiger partial charge in [0.2, 0.25) is 0 Å². The van der Waals surface area contributed by atoms with E-state index in [1.54, 1.807) is 11.8 Å². The van der Waals surface area contributed by atoms with Crippen LogP contribution in [-0.4, -0.2) is 4.20 Å². The lowest BCUT2D eigenvalue weighted by molar-refractivity contribution is 0.627. The minimum atomic E-state index is -0.0182. The molecule has 0 amide bonds. The predicted molar refractivity (Wildman–Crippen MR) is 89.1 cm³/mol. The molecule has 0 nitrogen and oxygen atoms in total. The molecule has 0 saturated heterocycles. The molecule has 0 spiro atoms. The van der Waals surface area contributed by atoms with Crippen LogP contribution in [0.1, 0.15) is 31.9 Å². The molecule has 0 heterocycles. The standard InChI is InChI=1S/C17H18S2/c1-13(18)19-16-12-8-7-11-15(16)17(2,3)14-9-5-4-6-10-14/h4-12H,1-3H3. The second-order valence-corrected chi connectivity index (χ2v) is 7.21. The van der Waals surface area contributed by atoms with Gasteiger partial charge in [0.15, 0.2) is 0 Å². The van der Waals surface area contributed by atoms with Gasteiger partial charge in [0.05, 0.1) is 0 Å². The van der Waals surface area contributed by atoms with Crippen molar-refractivity contribution in [3.05, 3.63) is 65.7 Å². The van der Waals surface area contributed by atoms with E-state index in [-0.39, 0.29) is 5.41 Å². The van der Waals surface area contributed by atoms with Crippen molar-refractivity contribution in [1.29, 1.82) is 0 Å². The van der Waals surface area contributed by atoms with E-state index in [4.69, 9.17) is 12.2 Å². The summed E-state index contributed by atoms with van der Waals surface area (Å²) < 4.78 is 0.955. The number of rotatable bonds is 3. The van der Waals surface area contributed by atoms with Gasteiger partial charge in [0.25, 0.3) is 0 Å². The number of hydrogen-bond donors (Lipinski definition) is 0. The van der Waals surface area contributed by atoms with Crippen LogP contribution in [-0.2, 0) is 5.41 Å². The summed E-state index contributed by atoms with van der Waals surface area (Å²) in [6.07, 6.45) is 0. The van der Waals surface area contributed by atoms with Gasteiger partial charge in [-0.2, -0.15) is 0 Å². The lowest BCUT2D eigenvalue weighted by Gasteiger charge is -2.28. The van der Waals surface area contributed by atoms with Crippen molar-refractivity contribution in [2.45, 2.75) is 31.1 Å². The molecule has 0 aromatic heterocycles. The van der Waals surface area contributed by atoms with Crippen molar-refractivity contribution in [3.63, 3.8) is 0 Å². The molecule has 19 heavy (non-hydrogen) atoms. The summed E-state index contributed by atoms with van der Waals surface area (Å²) in [6, 6.07) is 19.1. The molecule has 0 aliphatic heterocycles. The lowest BCUT2D eigenvalue weighted by Crippen LogP contribution is -2.19. The summed E-state index contributed by atoms with van der Waals surface area (Å²) in [4.78, 5) is 1.25. The Morgan fingerprint density at radius 1 is 0.947 bits per heavy atom. The first-order chi connectivity index (χ1) is 9.01. The van der Waals surface area contributed by atoms with Crippen LogP contribution in [0.2, 0.25) is 0 Å².